The van der Waals surface area contributed by atoms with E-state index in [1.807, 2.05) is 48.5 Å². The summed E-state index contributed by atoms with van der Waals surface area (Å²) < 4.78 is 8.15. The molecule has 0 spiro atoms. The van der Waals surface area contributed by atoms with Gasteiger partial charge in [-0.3, -0.25) is 9.36 Å². The second-order valence-corrected chi connectivity index (χ2v) is 10.1. The number of hydrogen-bond donors (Lipinski definition) is 0. The van der Waals surface area contributed by atoms with Gasteiger partial charge in [-0.2, -0.15) is 0 Å². The van der Waals surface area contributed by atoms with Crippen LogP contribution >= 0.6 is 23.1 Å². The summed E-state index contributed by atoms with van der Waals surface area (Å²) in [5.74, 6) is 1.59. The van der Waals surface area contributed by atoms with Gasteiger partial charge in [0.2, 0.25) is 0 Å². The van der Waals surface area contributed by atoms with E-state index < -0.39 is 0 Å². The molecular weight excluding hydrogens is 462 g/mol. The Hall–Kier alpha value is -3.16. The number of fused-ring (bicyclic) bond motifs is 3. The first kappa shape index (κ1) is 22.6. The van der Waals surface area contributed by atoms with Crippen molar-refractivity contribution in [2.45, 2.75) is 37.7 Å². The summed E-state index contributed by atoms with van der Waals surface area (Å²) >= 11 is 3.01. The molecule has 3 aromatic heterocycles. The Labute approximate surface area is 206 Å². The molecule has 2 aromatic carbocycles. The van der Waals surface area contributed by atoms with Crippen LogP contribution < -0.4 is 10.3 Å². The molecule has 0 atom stereocenters. The lowest BCUT2D eigenvalue weighted by Crippen LogP contribution is -2.23. The fourth-order valence-electron chi connectivity index (χ4n) is 3.80. The molecule has 34 heavy (non-hydrogen) atoms. The Kier molecular flexibility index (Phi) is 6.65. The number of thiophene rings is 1. The van der Waals surface area contributed by atoms with Gasteiger partial charge < -0.3 is 4.74 Å². The zero-order chi connectivity index (χ0) is 23.5. The molecule has 0 aliphatic rings. The predicted octanol–water partition coefficient (Wildman–Crippen LogP) is 6.44. The van der Waals surface area contributed by atoms with Crippen molar-refractivity contribution in [3.8, 4) is 5.75 Å². The van der Waals surface area contributed by atoms with Crippen LogP contribution in [0.4, 0.5) is 0 Å². The number of rotatable bonds is 8. The molecule has 5 nitrogen and oxygen atoms in total. The van der Waals surface area contributed by atoms with Gasteiger partial charge in [0, 0.05) is 17.3 Å². The Morgan fingerprint density at radius 2 is 1.88 bits per heavy atom. The predicted molar refractivity (Wildman–Crippen MR) is 141 cm³/mol. The SMILES string of the molecule is CCCOc1ccc(Cn2c(SCc3ccccc3C)nc3c(sc4ncccc43)c2=O)cc1. The highest BCUT2D eigenvalue weighted by Crippen LogP contribution is 2.31. The van der Waals surface area contributed by atoms with Gasteiger partial charge in [-0.05, 0) is 54.3 Å². The average Bonchev–Trinajstić information content (AvgIpc) is 3.24. The van der Waals surface area contributed by atoms with Crippen LogP contribution in [-0.4, -0.2) is 21.1 Å². The van der Waals surface area contributed by atoms with E-state index in [0.29, 0.717) is 17.9 Å². The summed E-state index contributed by atoms with van der Waals surface area (Å²) in [7, 11) is 0. The second kappa shape index (κ2) is 9.99. The van der Waals surface area contributed by atoms with E-state index in [9.17, 15) is 4.79 Å². The van der Waals surface area contributed by atoms with E-state index in [4.69, 9.17) is 9.72 Å². The lowest BCUT2D eigenvalue weighted by Gasteiger charge is -2.13. The third kappa shape index (κ3) is 4.58. The van der Waals surface area contributed by atoms with Crippen molar-refractivity contribution in [1.82, 2.24) is 14.5 Å². The molecule has 0 N–H and O–H groups in total. The molecule has 5 aromatic rings. The van der Waals surface area contributed by atoms with Crippen molar-refractivity contribution in [2.24, 2.45) is 0 Å². The van der Waals surface area contributed by atoms with Gasteiger partial charge in [0.1, 0.15) is 15.3 Å². The number of benzene rings is 2. The standard InChI is InChI=1S/C27H25N3O2S2/c1-3-15-32-21-12-10-19(11-13-21)16-30-26(31)24-23(22-9-6-14-28-25(22)34-24)29-27(30)33-17-20-8-5-4-7-18(20)2/h4-14H,3,15-17H2,1-2H3. The number of thioether (sulfide) groups is 1. The Morgan fingerprint density at radius 3 is 2.68 bits per heavy atom. The molecule has 0 aliphatic heterocycles. The number of aryl methyl sites for hydroxylation is 1. The van der Waals surface area contributed by atoms with Crippen LogP contribution in [0, 0.1) is 6.92 Å². The van der Waals surface area contributed by atoms with Gasteiger partial charge in [0.15, 0.2) is 5.16 Å². The van der Waals surface area contributed by atoms with Gasteiger partial charge in [0.05, 0.1) is 18.7 Å². The van der Waals surface area contributed by atoms with Gasteiger partial charge in [-0.15, -0.1) is 11.3 Å². The summed E-state index contributed by atoms with van der Waals surface area (Å²) in [5.41, 5.74) is 4.22. The van der Waals surface area contributed by atoms with Crippen LogP contribution in [0.15, 0.2) is 76.8 Å². The first-order chi connectivity index (χ1) is 16.6. The topological polar surface area (TPSA) is 57.0 Å². The highest BCUT2D eigenvalue weighted by molar-refractivity contribution is 7.98. The van der Waals surface area contributed by atoms with E-state index >= 15 is 0 Å². The Bertz CT molecular complexity index is 1510. The first-order valence-electron chi connectivity index (χ1n) is 11.3. The smallest absolute Gasteiger partial charge is 0.272 e. The maximum Gasteiger partial charge on any atom is 0.272 e. The van der Waals surface area contributed by atoms with Crippen LogP contribution in [0.1, 0.15) is 30.0 Å². The fraction of sp³-hybridized carbons (Fsp3) is 0.222. The third-order valence-electron chi connectivity index (χ3n) is 5.67. The molecule has 0 bridgehead atoms. The molecule has 0 amide bonds. The van der Waals surface area contributed by atoms with Crippen LogP contribution in [0.3, 0.4) is 0 Å². The van der Waals surface area contributed by atoms with Crippen molar-refractivity contribution in [3.63, 3.8) is 0 Å². The highest BCUT2D eigenvalue weighted by Gasteiger charge is 2.17. The number of hydrogen-bond acceptors (Lipinski definition) is 6. The summed E-state index contributed by atoms with van der Waals surface area (Å²) in [6.45, 7) is 5.34. The summed E-state index contributed by atoms with van der Waals surface area (Å²) in [5, 5.41) is 1.65. The average molecular weight is 488 g/mol. The lowest BCUT2D eigenvalue weighted by atomic mass is 10.1. The maximum absolute atomic E-state index is 13.7. The molecule has 5 rings (SSSR count). The van der Waals surface area contributed by atoms with Crippen molar-refractivity contribution < 1.29 is 4.74 Å². The third-order valence-corrected chi connectivity index (χ3v) is 7.79. The largest absolute Gasteiger partial charge is 0.494 e. The van der Waals surface area contributed by atoms with E-state index in [-0.39, 0.29) is 5.56 Å². The molecule has 0 aliphatic carbocycles. The summed E-state index contributed by atoms with van der Waals surface area (Å²) in [4.78, 5) is 24.0. The Balaban J connectivity index is 1.56. The summed E-state index contributed by atoms with van der Waals surface area (Å²) in [6.07, 6.45) is 2.72. The number of aromatic nitrogens is 3. The second-order valence-electron chi connectivity index (χ2n) is 8.13. The molecule has 0 saturated carbocycles. The van der Waals surface area contributed by atoms with Gasteiger partial charge in [-0.1, -0.05) is 55.1 Å². The van der Waals surface area contributed by atoms with Crippen molar-refractivity contribution in [2.75, 3.05) is 6.61 Å². The van der Waals surface area contributed by atoms with Crippen molar-refractivity contribution >= 4 is 43.5 Å². The molecule has 3 heterocycles. The summed E-state index contributed by atoms with van der Waals surface area (Å²) in [6, 6.07) is 20.2. The minimum Gasteiger partial charge on any atom is -0.494 e. The van der Waals surface area contributed by atoms with Crippen LogP contribution in [0.25, 0.3) is 20.4 Å². The van der Waals surface area contributed by atoms with E-state index in [1.165, 1.54) is 22.5 Å². The normalized spacial score (nSPS) is 11.4. The van der Waals surface area contributed by atoms with Gasteiger partial charge in [-0.25, -0.2) is 9.97 Å². The van der Waals surface area contributed by atoms with E-state index in [0.717, 1.165) is 44.4 Å². The van der Waals surface area contributed by atoms with E-state index in [1.54, 1.807) is 22.5 Å². The van der Waals surface area contributed by atoms with Crippen LogP contribution in [0.5, 0.6) is 5.75 Å². The number of nitrogens with zero attached hydrogens (tertiary/aromatic N) is 3. The highest BCUT2D eigenvalue weighted by atomic mass is 32.2. The minimum absolute atomic E-state index is 0.0217. The monoisotopic (exact) mass is 487 g/mol. The molecule has 0 unspecified atom stereocenters. The van der Waals surface area contributed by atoms with Crippen LogP contribution in [-0.2, 0) is 12.3 Å². The minimum atomic E-state index is -0.0217. The molecule has 0 fully saturated rings. The van der Waals surface area contributed by atoms with Gasteiger partial charge in [0.25, 0.3) is 5.56 Å². The molecule has 0 radical (unpaired) electrons. The zero-order valence-electron chi connectivity index (χ0n) is 19.2. The molecular formula is C27H25N3O2S2. The van der Waals surface area contributed by atoms with Crippen molar-refractivity contribution in [1.29, 1.82) is 0 Å². The van der Waals surface area contributed by atoms with Crippen LogP contribution in [0.2, 0.25) is 0 Å². The molecule has 7 heteroatoms. The van der Waals surface area contributed by atoms with Crippen molar-refractivity contribution in [3.05, 3.63) is 93.9 Å². The quantitative estimate of drug-likeness (QED) is 0.186. The lowest BCUT2D eigenvalue weighted by molar-refractivity contribution is 0.317. The fourth-order valence-corrected chi connectivity index (χ4v) is 5.90. The zero-order valence-corrected chi connectivity index (χ0v) is 20.8. The van der Waals surface area contributed by atoms with E-state index in [2.05, 4.69) is 31.0 Å². The molecule has 172 valence electrons. The Morgan fingerprint density at radius 1 is 1.06 bits per heavy atom. The number of pyridine rings is 1. The van der Waals surface area contributed by atoms with Gasteiger partial charge >= 0.3 is 0 Å². The maximum atomic E-state index is 13.7. The molecule has 0 saturated heterocycles. The number of ether oxygens (including phenoxy) is 1. The first-order valence-corrected chi connectivity index (χ1v) is 13.1.